The average Bonchev–Trinajstić information content (AvgIpc) is 3.34. The van der Waals surface area contributed by atoms with Crippen LogP contribution in [0.1, 0.15) is 45.9 Å². The Kier molecular flexibility index (Phi) is 4.94. The summed E-state index contributed by atoms with van der Waals surface area (Å²) in [6, 6.07) is 7.05. The maximum Gasteiger partial charge on any atom is 0.251 e. The zero-order chi connectivity index (χ0) is 17.1. The Morgan fingerprint density at radius 1 is 1.38 bits per heavy atom. The van der Waals surface area contributed by atoms with Crippen molar-refractivity contribution in [1.29, 1.82) is 0 Å². The molecule has 1 heterocycles. The minimum absolute atomic E-state index is 0.0420. The number of hydrogen-bond acceptors (Lipinski definition) is 4. The Hall–Kier alpha value is -2.21. The molecule has 24 heavy (non-hydrogen) atoms. The number of carbonyl (C=O) groups is 2. The van der Waals surface area contributed by atoms with Crippen LogP contribution in [0.15, 0.2) is 30.5 Å². The van der Waals surface area contributed by atoms with Gasteiger partial charge in [0.05, 0.1) is 5.01 Å². The molecule has 1 unspecified atom stereocenters. The van der Waals surface area contributed by atoms with E-state index >= 15 is 0 Å². The number of aryl methyl sites for hydroxylation is 1. The van der Waals surface area contributed by atoms with Crippen molar-refractivity contribution in [3.63, 3.8) is 0 Å². The number of rotatable bonds is 6. The van der Waals surface area contributed by atoms with Crippen LogP contribution in [0.25, 0.3) is 0 Å². The normalized spacial score (nSPS) is 14.9. The fourth-order valence-electron chi connectivity index (χ4n) is 2.36. The average molecular weight is 343 g/mol. The Morgan fingerprint density at radius 3 is 2.83 bits per heavy atom. The highest BCUT2D eigenvalue weighted by atomic mass is 32.1. The van der Waals surface area contributed by atoms with E-state index in [1.807, 2.05) is 20.0 Å². The fraction of sp³-hybridized carbons (Fsp3) is 0.389. The summed E-state index contributed by atoms with van der Waals surface area (Å²) in [5, 5.41) is 6.83. The molecule has 0 aliphatic heterocycles. The predicted octanol–water partition coefficient (Wildman–Crippen LogP) is 3.33. The van der Waals surface area contributed by atoms with Gasteiger partial charge in [0, 0.05) is 40.7 Å². The summed E-state index contributed by atoms with van der Waals surface area (Å²) >= 11 is 1.65. The first kappa shape index (κ1) is 16.6. The van der Waals surface area contributed by atoms with Crippen LogP contribution < -0.4 is 10.6 Å². The monoisotopic (exact) mass is 343 g/mol. The van der Waals surface area contributed by atoms with Crippen molar-refractivity contribution in [3.8, 4) is 0 Å². The zero-order valence-corrected chi connectivity index (χ0v) is 14.7. The molecular formula is C18H21N3O2S. The van der Waals surface area contributed by atoms with Gasteiger partial charge in [-0.2, -0.15) is 0 Å². The first-order valence-electron chi connectivity index (χ1n) is 8.14. The van der Waals surface area contributed by atoms with Gasteiger partial charge in [0.25, 0.3) is 5.91 Å². The van der Waals surface area contributed by atoms with E-state index in [2.05, 4.69) is 15.6 Å². The van der Waals surface area contributed by atoms with Gasteiger partial charge in [-0.15, -0.1) is 11.3 Å². The van der Waals surface area contributed by atoms with Crippen LogP contribution in [-0.2, 0) is 4.79 Å². The van der Waals surface area contributed by atoms with Crippen LogP contribution in [-0.4, -0.2) is 23.3 Å². The lowest BCUT2D eigenvalue weighted by Crippen LogP contribution is -2.27. The van der Waals surface area contributed by atoms with Crippen LogP contribution in [0.4, 0.5) is 5.69 Å². The molecule has 0 spiro atoms. The molecule has 2 N–H and O–H groups in total. The van der Waals surface area contributed by atoms with Gasteiger partial charge < -0.3 is 10.6 Å². The predicted molar refractivity (Wildman–Crippen MR) is 95.4 cm³/mol. The third kappa shape index (κ3) is 4.20. The Labute approximate surface area is 145 Å². The van der Waals surface area contributed by atoms with Gasteiger partial charge in [0.1, 0.15) is 0 Å². The molecule has 0 saturated heterocycles. The lowest BCUT2D eigenvalue weighted by Gasteiger charge is -2.11. The van der Waals surface area contributed by atoms with Gasteiger partial charge >= 0.3 is 0 Å². The van der Waals surface area contributed by atoms with E-state index in [1.54, 1.807) is 35.6 Å². The van der Waals surface area contributed by atoms with E-state index in [9.17, 15) is 9.59 Å². The van der Waals surface area contributed by atoms with Gasteiger partial charge in [-0.05, 0) is 38.0 Å². The van der Waals surface area contributed by atoms with Gasteiger partial charge in [-0.3, -0.25) is 9.59 Å². The van der Waals surface area contributed by atoms with Gasteiger partial charge in [-0.1, -0.05) is 13.0 Å². The number of nitrogens with one attached hydrogen (secondary N) is 2. The number of anilines is 1. The summed E-state index contributed by atoms with van der Waals surface area (Å²) in [4.78, 5) is 29.7. The maximum atomic E-state index is 12.3. The molecule has 0 radical (unpaired) electrons. The molecule has 1 aliphatic carbocycles. The number of amides is 2. The van der Waals surface area contributed by atoms with Gasteiger partial charge in [0.2, 0.25) is 5.91 Å². The standard InChI is InChI=1S/C18H21N3O2S/c1-11(18-20-10-12(2)24-18)9-19-16(22)14-4-3-5-15(8-14)21-17(23)13-6-7-13/h3-5,8,10-11,13H,6-7,9H2,1-2H3,(H,19,22)(H,21,23). The van der Waals surface area contributed by atoms with Gasteiger partial charge in [-0.25, -0.2) is 4.98 Å². The molecule has 1 fully saturated rings. The molecule has 5 nitrogen and oxygen atoms in total. The molecule has 1 aliphatic rings. The highest BCUT2D eigenvalue weighted by Crippen LogP contribution is 2.30. The summed E-state index contributed by atoms with van der Waals surface area (Å²) < 4.78 is 0. The molecule has 6 heteroatoms. The second-order valence-electron chi connectivity index (χ2n) is 6.26. The second-order valence-corrected chi connectivity index (χ2v) is 7.53. The number of nitrogens with zero attached hydrogens (tertiary/aromatic N) is 1. The lowest BCUT2D eigenvalue weighted by molar-refractivity contribution is -0.117. The van der Waals surface area contributed by atoms with Gasteiger partial charge in [0.15, 0.2) is 0 Å². The third-order valence-corrected chi connectivity index (χ3v) is 5.11. The number of benzene rings is 1. The molecule has 3 rings (SSSR count). The molecule has 2 amide bonds. The van der Waals surface area contributed by atoms with Crippen molar-refractivity contribution < 1.29 is 9.59 Å². The molecule has 2 aromatic rings. The second kappa shape index (κ2) is 7.13. The van der Waals surface area contributed by atoms with Crippen LogP contribution in [0.5, 0.6) is 0 Å². The van der Waals surface area contributed by atoms with Crippen molar-refractivity contribution in [2.24, 2.45) is 5.92 Å². The highest BCUT2D eigenvalue weighted by molar-refractivity contribution is 7.11. The molecule has 1 aromatic heterocycles. The number of thiazole rings is 1. The summed E-state index contributed by atoms with van der Waals surface area (Å²) in [5.41, 5.74) is 1.22. The minimum atomic E-state index is -0.141. The summed E-state index contributed by atoms with van der Waals surface area (Å²) in [7, 11) is 0. The van der Waals surface area contributed by atoms with E-state index < -0.39 is 0 Å². The van der Waals surface area contributed by atoms with Crippen LogP contribution in [0, 0.1) is 12.8 Å². The lowest BCUT2D eigenvalue weighted by atomic mass is 10.1. The fourth-order valence-corrected chi connectivity index (χ4v) is 3.19. The molecular weight excluding hydrogens is 322 g/mol. The maximum absolute atomic E-state index is 12.3. The van der Waals surface area contributed by atoms with Crippen molar-refractivity contribution in [1.82, 2.24) is 10.3 Å². The molecule has 1 aromatic carbocycles. The first-order valence-corrected chi connectivity index (χ1v) is 8.96. The van der Waals surface area contributed by atoms with E-state index in [-0.39, 0.29) is 23.7 Å². The van der Waals surface area contributed by atoms with E-state index in [0.717, 1.165) is 17.8 Å². The minimum Gasteiger partial charge on any atom is -0.351 e. The Morgan fingerprint density at radius 2 is 2.17 bits per heavy atom. The number of aromatic nitrogens is 1. The van der Waals surface area contributed by atoms with Crippen molar-refractivity contribution in [2.75, 3.05) is 11.9 Å². The molecule has 1 saturated carbocycles. The van der Waals surface area contributed by atoms with E-state index in [4.69, 9.17) is 0 Å². The smallest absolute Gasteiger partial charge is 0.251 e. The van der Waals surface area contributed by atoms with Crippen LogP contribution >= 0.6 is 11.3 Å². The third-order valence-electron chi connectivity index (χ3n) is 3.97. The highest BCUT2D eigenvalue weighted by Gasteiger charge is 2.29. The van der Waals surface area contributed by atoms with Crippen molar-refractivity contribution >= 4 is 28.8 Å². The molecule has 126 valence electrons. The first-order chi connectivity index (χ1) is 11.5. The van der Waals surface area contributed by atoms with Crippen LogP contribution in [0.2, 0.25) is 0 Å². The quantitative estimate of drug-likeness (QED) is 0.845. The Bertz CT molecular complexity index is 752. The number of carbonyl (C=O) groups excluding carboxylic acids is 2. The Balaban J connectivity index is 1.57. The SMILES string of the molecule is Cc1cnc(C(C)CNC(=O)c2cccc(NC(=O)C3CC3)c2)s1. The zero-order valence-electron chi connectivity index (χ0n) is 13.8. The van der Waals surface area contributed by atoms with Crippen molar-refractivity contribution in [3.05, 3.63) is 45.9 Å². The molecule has 1 atom stereocenters. The summed E-state index contributed by atoms with van der Waals surface area (Å²) in [6.07, 6.45) is 3.77. The topological polar surface area (TPSA) is 71.1 Å². The van der Waals surface area contributed by atoms with Crippen molar-refractivity contribution in [2.45, 2.75) is 32.6 Å². The van der Waals surface area contributed by atoms with E-state index in [0.29, 0.717) is 17.8 Å². The summed E-state index contributed by atoms with van der Waals surface area (Å²) in [5.74, 6) is 0.216. The molecule has 0 bridgehead atoms. The summed E-state index contributed by atoms with van der Waals surface area (Å²) in [6.45, 7) is 4.60. The van der Waals surface area contributed by atoms with E-state index in [1.165, 1.54) is 4.88 Å². The van der Waals surface area contributed by atoms with Crippen LogP contribution in [0.3, 0.4) is 0 Å². The largest absolute Gasteiger partial charge is 0.351 e. The number of hydrogen-bond donors (Lipinski definition) is 2.